The molecule has 1 aliphatic heterocycles. The zero-order chi connectivity index (χ0) is 7.73. The van der Waals surface area contributed by atoms with E-state index in [-0.39, 0.29) is 5.60 Å². The Balaban J connectivity index is 1.96. The molecule has 0 aromatic carbocycles. The van der Waals surface area contributed by atoms with E-state index in [0.29, 0.717) is 0 Å². The Morgan fingerprint density at radius 2 is 2.09 bits per heavy atom. The summed E-state index contributed by atoms with van der Waals surface area (Å²) in [6.07, 6.45) is 10.4. The second-order valence-corrected chi connectivity index (χ2v) is 4.06. The zero-order valence-corrected chi connectivity index (χ0v) is 7.18. The smallest absolute Gasteiger partial charge is 0.112 e. The van der Waals surface area contributed by atoms with Crippen LogP contribution in [0.25, 0.3) is 0 Å². The lowest BCUT2D eigenvalue weighted by atomic mass is 9.78. The van der Waals surface area contributed by atoms with Gasteiger partial charge < -0.3 is 4.74 Å². The third-order valence-corrected chi connectivity index (χ3v) is 3.09. The van der Waals surface area contributed by atoms with Crippen molar-refractivity contribution in [3.8, 4) is 0 Å². The first-order valence-electron chi connectivity index (χ1n) is 4.64. The highest BCUT2D eigenvalue weighted by Gasteiger charge is 2.36. The predicted octanol–water partition coefficient (Wildman–Crippen LogP) is 2.87. The van der Waals surface area contributed by atoms with Gasteiger partial charge in [-0.3, -0.25) is 0 Å². The monoisotopic (exact) mass is 152 g/mol. The molecule has 1 aliphatic carbocycles. The zero-order valence-electron chi connectivity index (χ0n) is 7.18. The summed E-state index contributed by atoms with van der Waals surface area (Å²) in [4.78, 5) is 0. The van der Waals surface area contributed by atoms with Crippen molar-refractivity contribution >= 4 is 0 Å². The molecule has 0 aromatic heterocycles. The van der Waals surface area contributed by atoms with E-state index in [1.165, 1.54) is 25.7 Å². The van der Waals surface area contributed by atoms with Crippen LogP contribution in [0.2, 0.25) is 0 Å². The molecular weight excluding hydrogens is 136 g/mol. The summed E-state index contributed by atoms with van der Waals surface area (Å²) in [5, 5.41) is 0. The fourth-order valence-corrected chi connectivity index (χ4v) is 2.11. The summed E-state index contributed by atoms with van der Waals surface area (Å²) in [7, 11) is 0. The van der Waals surface area contributed by atoms with E-state index >= 15 is 0 Å². The number of rotatable bonds is 0. The molecule has 1 heteroatoms. The fraction of sp³-hybridized carbons (Fsp3) is 0.800. The molecular formula is C10H16O. The highest BCUT2D eigenvalue weighted by Crippen LogP contribution is 2.39. The molecule has 0 bridgehead atoms. The molecule has 0 radical (unpaired) electrons. The third kappa shape index (κ3) is 1.29. The molecule has 2 rings (SSSR count). The predicted molar refractivity (Wildman–Crippen MR) is 45.2 cm³/mol. The van der Waals surface area contributed by atoms with Crippen molar-refractivity contribution in [2.24, 2.45) is 5.92 Å². The molecule has 0 amide bonds. The molecule has 11 heavy (non-hydrogen) atoms. The summed E-state index contributed by atoms with van der Waals surface area (Å²) in [6, 6.07) is 0. The second kappa shape index (κ2) is 2.54. The van der Waals surface area contributed by atoms with E-state index in [9.17, 15) is 0 Å². The molecule has 1 nitrogen and oxygen atoms in total. The minimum absolute atomic E-state index is 0.243. The maximum absolute atomic E-state index is 5.65. The van der Waals surface area contributed by atoms with Crippen LogP contribution in [0.4, 0.5) is 0 Å². The van der Waals surface area contributed by atoms with E-state index in [2.05, 4.69) is 13.0 Å². The van der Waals surface area contributed by atoms with Gasteiger partial charge in [-0.15, -0.1) is 0 Å². The Kier molecular flexibility index (Phi) is 1.67. The average Bonchev–Trinajstić information content (AvgIpc) is 2.45. The topological polar surface area (TPSA) is 9.23 Å². The van der Waals surface area contributed by atoms with E-state index in [1.54, 1.807) is 0 Å². The van der Waals surface area contributed by atoms with E-state index in [1.807, 2.05) is 6.26 Å². The lowest BCUT2D eigenvalue weighted by Crippen LogP contribution is -2.32. The van der Waals surface area contributed by atoms with Crippen LogP contribution in [0.1, 0.15) is 39.0 Å². The Morgan fingerprint density at radius 1 is 1.36 bits per heavy atom. The molecule has 0 aromatic rings. The standard InChI is InChI=1S/C10H16O/c1-9-3-6-10(7-4-9)5-2-8-11-10/h2,8-9H,3-7H2,1H3. The summed E-state index contributed by atoms with van der Waals surface area (Å²) < 4.78 is 5.65. The van der Waals surface area contributed by atoms with Gasteiger partial charge in [0, 0.05) is 6.42 Å². The van der Waals surface area contributed by atoms with Crippen LogP contribution < -0.4 is 0 Å². The maximum Gasteiger partial charge on any atom is 0.112 e. The van der Waals surface area contributed by atoms with Gasteiger partial charge in [0.2, 0.25) is 0 Å². The quantitative estimate of drug-likeness (QED) is 0.518. The van der Waals surface area contributed by atoms with Gasteiger partial charge in [0.05, 0.1) is 6.26 Å². The molecule has 1 spiro atoms. The lowest BCUT2D eigenvalue weighted by Gasteiger charge is -2.35. The van der Waals surface area contributed by atoms with Crippen molar-refractivity contribution in [3.05, 3.63) is 12.3 Å². The van der Waals surface area contributed by atoms with Crippen LogP contribution in [-0.2, 0) is 4.74 Å². The molecule has 0 unspecified atom stereocenters. The summed E-state index contributed by atoms with van der Waals surface area (Å²) in [5.74, 6) is 0.921. The third-order valence-electron chi connectivity index (χ3n) is 3.09. The first kappa shape index (κ1) is 7.20. The first-order valence-corrected chi connectivity index (χ1v) is 4.64. The van der Waals surface area contributed by atoms with E-state index < -0.39 is 0 Å². The lowest BCUT2D eigenvalue weighted by molar-refractivity contribution is -0.00131. The molecule has 0 saturated heterocycles. The largest absolute Gasteiger partial charge is 0.495 e. The molecule has 0 atom stereocenters. The van der Waals surface area contributed by atoms with Gasteiger partial charge in [0.1, 0.15) is 5.60 Å². The van der Waals surface area contributed by atoms with Crippen LogP contribution in [-0.4, -0.2) is 5.60 Å². The van der Waals surface area contributed by atoms with Gasteiger partial charge >= 0.3 is 0 Å². The van der Waals surface area contributed by atoms with Gasteiger partial charge in [-0.2, -0.15) is 0 Å². The van der Waals surface area contributed by atoms with Crippen molar-refractivity contribution in [1.82, 2.24) is 0 Å². The first-order chi connectivity index (χ1) is 5.31. The van der Waals surface area contributed by atoms with Gasteiger partial charge in [-0.25, -0.2) is 0 Å². The highest BCUT2D eigenvalue weighted by atomic mass is 16.5. The van der Waals surface area contributed by atoms with Crippen molar-refractivity contribution in [2.45, 2.75) is 44.6 Å². The molecule has 62 valence electrons. The molecule has 0 N–H and O–H groups in total. The van der Waals surface area contributed by atoms with Crippen LogP contribution in [0.5, 0.6) is 0 Å². The van der Waals surface area contributed by atoms with Gasteiger partial charge in [0.25, 0.3) is 0 Å². The second-order valence-electron chi connectivity index (χ2n) is 4.06. The number of ether oxygens (including phenoxy) is 1. The van der Waals surface area contributed by atoms with Crippen LogP contribution in [0.3, 0.4) is 0 Å². The van der Waals surface area contributed by atoms with Crippen LogP contribution in [0, 0.1) is 5.92 Å². The minimum Gasteiger partial charge on any atom is -0.495 e. The SMILES string of the molecule is CC1CCC2(CC=CO2)CC1. The number of hydrogen-bond acceptors (Lipinski definition) is 1. The highest BCUT2D eigenvalue weighted by molar-refractivity contribution is 4.99. The fourth-order valence-electron chi connectivity index (χ4n) is 2.11. The Bertz CT molecular complexity index is 154. The average molecular weight is 152 g/mol. The van der Waals surface area contributed by atoms with Crippen molar-refractivity contribution in [1.29, 1.82) is 0 Å². The van der Waals surface area contributed by atoms with Crippen molar-refractivity contribution in [3.63, 3.8) is 0 Å². The minimum atomic E-state index is 0.243. The molecule has 1 heterocycles. The van der Waals surface area contributed by atoms with Gasteiger partial charge in [-0.05, 0) is 37.7 Å². The molecule has 1 saturated carbocycles. The van der Waals surface area contributed by atoms with Crippen LogP contribution >= 0.6 is 0 Å². The Hall–Kier alpha value is -0.460. The summed E-state index contributed by atoms with van der Waals surface area (Å²) in [6.45, 7) is 2.34. The van der Waals surface area contributed by atoms with Gasteiger partial charge in [-0.1, -0.05) is 6.92 Å². The van der Waals surface area contributed by atoms with Crippen molar-refractivity contribution < 1.29 is 4.74 Å². The van der Waals surface area contributed by atoms with Crippen LogP contribution in [0.15, 0.2) is 12.3 Å². The number of hydrogen-bond donors (Lipinski definition) is 0. The Labute approximate surface area is 68.4 Å². The Morgan fingerprint density at radius 3 is 2.64 bits per heavy atom. The summed E-state index contributed by atoms with van der Waals surface area (Å²) >= 11 is 0. The maximum atomic E-state index is 5.65. The molecule has 2 aliphatic rings. The van der Waals surface area contributed by atoms with Crippen molar-refractivity contribution in [2.75, 3.05) is 0 Å². The normalized spacial score (nSPS) is 42.8. The summed E-state index contributed by atoms with van der Waals surface area (Å²) in [5.41, 5.74) is 0.243. The van der Waals surface area contributed by atoms with E-state index in [0.717, 1.165) is 12.3 Å². The molecule has 1 fully saturated rings. The van der Waals surface area contributed by atoms with E-state index in [4.69, 9.17) is 4.74 Å². The van der Waals surface area contributed by atoms with Gasteiger partial charge in [0.15, 0.2) is 0 Å².